The fraction of sp³-hybridized carbons (Fsp3) is 0.800. The molecule has 1 amide bonds. The van der Waals surface area contributed by atoms with Crippen molar-refractivity contribution in [3.05, 3.63) is 0 Å². The van der Waals surface area contributed by atoms with E-state index >= 15 is 0 Å². The van der Waals surface area contributed by atoms with Crippen molar-refractivity contribution in [1.82, 2.24) is 4.90 Å². The van der Waals surface area contributed by atoms with Gasteiger partial charge in [-0.15, -0.1) is 0 Å². The minimum atomic E-state index is -2.73. The summed E-state index contributed by atoms with van der Waals surface area (Å²) in [7, 11) is 0. The minimum absolute atomic E-state index is 0.128. The van der Waals surface area contributed by atoms with E-state index in [2.05, 4.69) is 4.74 Å². The van der Waals surface area contributed by atoms with Gasteiger partial charge in [0.25, 0.3) is 3.91 Å². The number of rotatable bonds is 2. The van der Waals surface area contributed by atoms with Crippen LogP contribution in [0.5, 0.6) is 0 Å². The molecule has 0 spiro atoms. The van der Waals surface area contributed by atoms with Crippen LogP contribution >= 0.6 is 22.6 Å². The molecule has 1 saturated heterocycles. The quantitative estimate of drug-likeness (QED) is 0.434. The second-order valence-electron chi connectivity index (χ2n) is 2.18. The van der Waals surface area contributed by atoms with Crippen molar-refractivity contribution < 1.29 is 18.3 Å². The van der Waals surface area contributed by atoms with Crippen molar-refractivity contribution in [3.63, 3.8) is 0 Å². The number of alkyl halides is 2. The van der Waals surface area contributed by atoms with Crippen LogP contribution in [0.4, 0.5) is 13.6 Å². The van der Waals surface area contributed by atoms with Crippen LogP contribution in [-0.4, -0.2) is 34.6 Å². The molecule has 64 valence electrons. The maximum Gasteiger partial charge on any atom is 0.345 e. The summed E-state index contributed by atoms with van der Waals surface area (Å²) in [6, 6.07) is 0. The summed E-state index contributed by atoms with van der Waals surface area (Å²) >= 11 is 1.61. The van der Waals surface area contributed by atoms with Crippen LogP contribution in [0.1, 0.15) is 0 Å². The van der Waals surface area contributed by atoms with Crippen LogP contribution in [0, 0.1) is 0 Å². The lowest BCUT2D eigenvalue weighted by atomic mass is 10.2. The molecule has 0 atom stereocenters. The highest BCUT2D eigenvalue weighted by atomic mass is 127. The topological polar surface area (TPSA) is 29.5 Å². The van der Waals surface area contributed by atoms with Gasteiger partial charge in [-0.3, -0.25) is 4.79 Å². The number of ether oxygens (including phenoxy) is 1. The van der Waals surface area contributed by atoms with E-state index in [4.69, 9.17) is 0 Å². The summed E-state index contributed by atoms with van der Waals surface area (Å²) < 4.78 is 27.0. The van der Waals surface area contributed by atoms with Gasteiger partial charge in [-0.1, -0.05) is 0 Å². The molecule has 3 nitrogen and oxygen atoms in total. The maximum absolute atomic E-state index is 11.5. The third kappa shape index (κ3) is 2.51. The van der Waals surface area contributed by atoms with E-state index in [1.54, 1.807) is 22.6 Å². The number of hydrogen-bond acceptors (Lipinski definition) is 2. The highest BCUT2D eigenvalue weighted by Crippen LogP contribution is 2.17. The Morgan fingerprint density at radius 2 is 2.18 bits per heavy atom. The number of likely N-dealkylation sites (tertiary alicyclic amines) is 1. The second-order valence-corrected chi connectivity index (χ2v) is 3.10. The second kappa shape index (κ2) is 3.61. The van der Waals surface area contributed by atoms with Crippen LogP contribution in [0.25, 0.3) is 0 Å². The summed E-state index contributed by atoms with van der Waals surface area (Å²) in [5, 5.41) is 0. The van der Waals surface area contributed by atoms with Crippen molar-refractivity contribution in [2.24, 2.45) is 0 Å². The van der Waals surface area contributed by atoms with Gasteiger partial charge in [-0.2, -0.15) is 8.78 Å². The first-order valence-electron chi connectivity index (χ1n) is 2.97. The monoisotopic (exact) mass is 277 g/mol. The zero-order valence-corrected chi connectivity index (χ0v) is 7.62. The molecule has 0 aromatic heterocycles. The first-order chi connectivity index (χ1) is 5.09. The third-order valence-electron chi connectivity index (χ3n) is 1.39. The summed E-state index contributed by atoms with van der Waals surface area (Å²) in [5.41, 5.74) is 0. The Bertz CT molecular complexity index is 161. The first kappa shape index (κ1) is 9.11. The molecule has 0 unspecified atom stereocenters. The molecule has 0 radical (unpaired) electrons. The maximum atomic E-state index is 11.5. The number of carbonyl (C=O) groups excluding carboxylic acids is 1. The third-order valence-corrected chi connectivity index (χ3v) is 2.07. The molecule has 1 rings (SSSR count). The smallest absolute Gasteiger partial charge is 0.329 e. The fourth-order valence-corrected chi connectivity index (χ4v) is 1.21. The van der Waals surface area contributed by atoms with Gasteiger partial charge in [0, 0.05) is 35.7 Å². The molecular formula is C5H6F2INO2. The average Bonchev–Trinajstić information content (AvgIpc) is 1.75. The van der Waals surface area contributed by atoms with Crippen molar-refractivity contribution in [2.75, 3.05) is 13.1 Å². The van der Waals surface area contributed by atoms with Crippen LogP contribution < -0.4 is 0 Å². The van der Waals surface area contributed by atoms with Gasteiger partial charge in [-0.05, 0) is 0 Å². The summed E-state index contributed by atoms with van der Waals surface area (Å²) in [6.45, 7) is -2.16. The summed E-state index contributed by atoms with van der Waals surface area (Å²) in [6.07, 6.45) is -0.478. The molecule has 1 aliphatic heterocycles. The van der Waals surface area contributed by atoms with Gasteiger partial charge >= 0.3 is 6.61 Å². The molecular weight excluding hydrogens is 271 g/mol. The van der Waals surface area contributed by atoms with E-state index in [-0.39, 0.29) is 17.0 Å². The number of nitrogens with zero attached hydrogens (tertiary/aromatic N) is 1. The molecule has 1 heterocycles. The Labute approximate surface area is 75.8 Å². The molecule has 0 saturated carbocycles. The predicted octanol–water partition coefficient (Wildman–Crippen LogP) is 1.46. The van der Waals surface area contributed by atoms with Gasteiger partial charge < -0.3 is 9.64 Å². The lowest BCUT2D eigenvalue weighted by molar-refractivity contribution is -0.188. The molecule has 0 aromatic carbocycles. The Kier molecular flexibility index (Phi) is 2.99. The predicted molar refractivity (Wildman–Crippen MR) is 41.9 cm³/mol. The van der Waals surface area contributed by atoms with E-state index in [1.165, 1.54) is 4.90 Å². The summed E-state index contributed by atoms with van der Waals surface area (Å²) in [4.78, 5) is 12.0. The van der Waals surface area contributed by atoms with Gasteiger partial charge in [0.1, 0.15) is 0 Å². The van der Waals surface area contributed by atoms with Crippen LogP contribution in [0.3, 0.4) is 0 Å². The largest absolute Gasteiger partial charge is 0.345 e. The molecule has 1 aliphatic rings. The number of hydrogen-bond donors (Lipinski definition) is 0. The van der Waals surface area contributed by atoms with Crippen LogP contribution in [0.2, 0.25) is 0 Å². The Hall–Kier alpha value is 0.0200. The normalized spacial score (nSPS) is 18.7. The lowest BCUT2D eigenvalue weighted by Gasteiger charge is -2.36. The van der Waals surface area contributed by atoms with Crippen molar-refractivity contribution in [1.29, 1.82) is 0 Å². The van der Waals surface area contributed by atoms with E-state index < -0.39 is 12.7 Å². The minimum Gasteiger partial charge on any atom is -0.329 e. The van der Waals surface area contributed by atoms with Gasteiger partial charge in [0.05, 0.1) is 6.10 Å². The molecule has 1 fully saturated rings. The Morgan fingerprint density at radius 1 is 1.64 bits per heavy atom. The van der Waals surface area contributed by atoms with E-state index in [9.17, 15) is 13.6 Å². The highest BCUT2D eigenvalue weighted by Gasteiger charge is 2.31. The van der Waals surface area contributed by atoms with E-state index in [0.717, 1.165) is 0 Å². The molecule has 0 bridgehead atoms. The molecule has 0 aromatic rings. The van der Waals surface area contributed by atoms with Gasteiger partial charge in [0.15, 0.2) is 0 Å². The van der Waals surface area contributed by atoms with Crippen molar-refractivity contribution in [2.45, 2.75) is 12.7 Å². The Morgan fingerprint density at radius 3 is 2.55 bits per heavy atom. The molecule has 11 heavy (non-hydrogen) atoms. The van der Waals surface area contributed by atoms with Crippen LogP contribution in [-0.2, 0) is 4.74 Å². The highest BCUT2D eigenvalue weighted by molar-refractivity contribution is 14.1. The zero-order valence-electron chi connectivity index (χ0n) is 5.47. The Balaban J connectivity index is 2.14. The van der Waals surface area contributed by atoms with Crippen molar-refractivity contribution >= 4 is 26.5 Å². The van der Waals surface area contributed by atoms with Gasteiger partial charge in [-0.25, -0.2) is 0 Å². The number of halogens is 3. The van der Waals surface area contributed by atoms with E-state index in [1.807, 2.05) is 0 Å². The molecule has 0 N–H and O–H groups in total. The number of carbonyl (C=O) groups is 1. The lowest BCUT2D eigenvalue weighted by Crippen LogP contribution is -2.53. The SMILES string of the molecule is O=C(I)N1CC(OC(F)F)C1. The zero-order chi connectivity index (χ0) is 8.43. The molecule has 0 aliphatic carbocycles. The summed E-state index contributed by atoms with van der Waals surface area (Å²) in [5.74, 6) is 0. The van der Waals surface area contributed by atoms with Gasteiger partial charge in [0.2, 0.25) is 0 Å². The standard InChI is InChI=1S/C5H6F2INO2/c6-4(7)11-3-1-9(2-3)5(8)10/h3-4H,1-2H2. The first-order valence-corrected chi connectivity index (χ1v) is 4.05. The fourth-order valence-electron chi connectivity index (χ4n) is 0.813. The van der Waals surface area contributed by atoms with Crippen molar-refractivity contribution in [3.8, 4) is 0 Å². The van der Waals surface area contributed by atoms with Crippen LogP contribution in [0.15, 0.2) is 0 Å². The average molecular weight is 277 g/mol. The van der Waals surface area contributed by atoms with E-state index in [0.29, 0.717) is 0 Å². The number of amides is 1. The molecule has 6 heteroatoms.